The molecule has 0 spiro atoms. The van der Waals surface area contributed by atoms with Gasteiger partial charge in [-0.3, -0.25) is 4.90 Å². The van der Waals surface area contributed by atoms with Crippen molar-refractivity contribution >= 4 is 0 Å². The normalized spacial score (nSPS) is 22.7. The molecule has 1 aliphatic heterocycles. The maximum atomic E-state index is 8.92. The molecule has 0 saturated carbocycles. The van der Waals surface area contributed by atoms with Gasteiger partial charge in [0, 0.05) is 18.6 Å². The van der Waals surface area contributed by atoms with Crippen molar-refractivity contribution < 1.29 is 0 Å². The van der Waals surface area contributed by atoms with Gasteiger partial charge >= 0.3 is 0 Å². The monoisotopic (exact) mass is 237 g/mol. The second-order valence-corrected chi connectivity index (χ2v) is 5.43. The van der Waals surface area contributed by atoms with E-state index in [1.165, 1.54) is 19.4 Å². The van der Waals surface area contributed by atoms with Crippen LogP contribution >= 0.6 is 0 Å². The largest absolute Gasteiger partial charge is 0.316 e. The summed E-state index contributed by atoms with van der Waals surface area (Å²) in [6.45, 7) is 10.1. The molecule has 1 rings (SSSR count). The summed E-state index contributed by atoms with van der Waals surface area (Å²) in [7, 11) is 0. The molecule has 1 saturated heterocycles. The maximum absolute atomic E-state index is 8.92. The molecular formula is C14H27N3. The van der Waals surface area contributed by atoms with Crippen LogP contribution in [0.15, 0.2) is 0 Å². The first kappa shape index (κ1) is 14.5. The number of hydrogen-bond acceptors (Lipinski definition) is 3. The van der Waals surface area contributed by atoms with Crippen LogP contribution < -0.4 is 5.32 Å². The average molecular weight is 237 g/mol. The molecule has 98 valence electrons. The Morgan fingerprint density at radius 3 is 2.71 bits per heavy atom. The zero-order valence-electron chi connectivity index (χ0n) is 11.6. The lowest BCUT2D eigenvalue weighted by Gasteiger charge is -2.37. The molecule has 3 heteroatoms. The van der Waals surface area contributed by atoms with Crippen molar-refractivity contribution in [1.82, 2.24) is 10.2 Å². The van der Waals surface area contributed by atoms with Crippen molar-refractivity contribution in [2.24, 2.45) is 5.92 Å². The van der Waals surface area contributed by atoms with E-state index in [0.29, 0.717) is 18.5 Å². The molecule has 0 aromatic carbocycles. The van der Waals surface area contributed by atoms with E-state index >= 15 is 0 Å². The molecule has 1 aliphatic rings. The van der Waals surface area contributed by atoms with Crippen molar-refractivity contribution in [3.8, 4) is 6.07 Å². The summed E-state index contributed by atoms with van der Waals surface area (Å²) >= 11 is 0. The summed E-state index contributed by atoms with van der Waals surface area (Å²) in [4.78, 5) is 2.53. The summed E-state index contributed by atoms with van der Waals surface area (Å²) in [5.41, 5.74) is 0. The highest BCUT2D eigenvalue weighted by Crippen LogP contribution is 2.18. The minimum Gasteiger partial charge on any atom is -0.316 e. The van der Waals surface area contributed by atoms with Gasteiger partial charge in [0.25, 0.3) is 0 Å². The summed E-state index contributed by atoms with van der Waals surface area (Å²) in [5.74, 6) is 0.763. The first-order chi connectivity index (χ1) is 8.19. The Morgan fingerprint density at radius 1 is 1.47 bits per heavy atom. The van der Waals surface area contributed by atoms with Crippen LogP contribution in [0.5, 0.6) is 0 Å². The number of nitrogens with one attached hydrogen (secondary N) is 1. The summed E-state index contributed by atoms with van der Waals surface area (Å²) in [6, 6.07) is 3.30. The minimum absolute atomic E-state index is 0.432. The number of nitriles is 1. The van der Waals surface area contributed by atoms with Gasteiger partial charge in [0.2, 0.25) is 0 Å². The second kappa shape index (κ2) is 7.68. The highest BCUT2D eigenvalue weighted by atomic mass is 15.2. The highest BCUT2D eigenvalue weighted by Gasteiger charge is 2.24. The number of hydrogen-bond donors (Lipinski definition) is 1. The predicted octanol–water partition coefficient (Wildman–Crippen LogP) is 2.39. The summed E-state index contributed by atoms with van der Waals surface area (Å²) in [5, 5.41) is 12.4. The zero-order valence-corrected chi connectivity index (χ0v) is 11.6. The lowest BCUT2D eigenvalue weighted by molar-refractivity contribution is 0.116. The number of rotatable bonds is 6. The van der Waals surface area contributed by atoms with E-state index in [1.54, 1.807) is 0 Å². The Bertz CT molecular complexity index is 238. The van der Waals surface area contributed by atoms with E-state index in [-0.39, 0.29) is 0 Å². The molecule has 1 N–H and O–H groups in total. The lowest BCUT2D eigenvalue weighted by Crippen LogP contribution is -2.46. The van der Waals surface area contributed by atoms with Gasteiger partial charge in [0.15, 0.2) is 0 Å². The molecule has 0 amide bonds. The second-order valence-electron chi connectivity index (χ2n) is 5.43. The van der Waals surface area contributed by atoms with Crippen LogP contribution in [0.25, 0.3) is 0 Å². The molecule has 0 aliphatic carbocycles. The molecule has 1 heterocycles. The third-order valence-corrected chi connectivity index (χ3v) is 3.80. The Hall–Kier alpha value is -0.590. The molecule has 0 bridgehead atoms. The molecule has 0 aromatic rings. The van der Waals surface area contributed by atoms with Crippen LogP contribution in [0.2, 0.25) is 0 Å². The van der Waals surface area contributed by atoms with Gasteiger partial charge in [-0.2, -0.15) is 5.26 Å². The van der Waals surface area contributed by atoms with E-state index < -0.39 is 0 Å². The minimum atomic E-state index is 0.432. The standard InChI is InChI=1S/C14H27N3/c1-4-14(7-8-15)17(12(2)3)11-13-6-5-9-16-10-13/h12-14,16H,4-7,9-11H2,1-3H3. The van der Waals surface area contributed by atoms with Gasteiger partial charge in [0.1, 0.15) is 0 Å². The van der Waals surface area contributed by atoms with Crippen LogP contribution in [0.4, 0.5) is 0 Å². The predicted molar refractivity (Wildman–Crippen MR) is 71.7 cm³/mol. The topological polar surface area (TPSA) is 39.1 Å². The van der Waals surface area contributed by atoms with Gasteiger partial charge in [-0.05, 0) is 52.1 Å². The van der Waals surface area contributed by atoms with Gasteiger partial charge in [0.05, 0.1) is 12.5 Å². The smallest absolute Gasteiger partial charge is 0.0638 e. The average Bonchev–Trinajstić information content (AvgIpc) is 2.34. The van der Waals surface area contributed by atoms with Crippen LogP contribution in [0, 0.1) is 17.2 Å². The van der Waals surface area contributed by atoms with Crippen molar-refractivity contribution in [2.75, 3.05) is 19.6 Å². The Kier molecular flexibility index (Phi) is 6.54. The van der Waals surface area contributed by atoms with Gasteiger partial charge in [-0.15, -0.1) is 0 Å². The van der Waals surface area contributed by atoms with Gasteiger partial charge in [-0.25, -0.2) is 0 Å². The van der Waals surface area contributed by atoms with Crippen LogP contribution in [0.1, 0.15) is 46.5 Å². The molecule has 17 heavy (non-hydrogen) atoms. The Morgan fingerprint density at radius 2 is 2.24 bits per heavy atom. The van der Waals surface area contributed by atoms with Gasteiger partial charge in [-0.1, -0.05) is 6.92 Å². The van der Waals surface area contributed by atoms with E-state index in [2.05, 4.69) is 37.1 Å². The maximum Gasteiger partial charge on any atom is 0.0638 e. The SMILES string of the molecule is CCC(CC#N)N(CC1CCCNC1)C(C)C. The number of piperidine rings is 1. The fourth-order valence-corrected chi connectivity index (χ4v) is 2.76. The van der Waals surface area contributed by atoms with E-state index in [0.717, 1.165) is 25.4 Å². The van der Waals surface area contributed by atoms with E-state index in [4.69, 9.17) is 5.26 Å². The van der Waals surface area contributed by atoms with E-state index in [1.807, 2.05) is 0 Å². The summed E-state index contributed by atoms with van der Waals surface area (Å²) < 4.78 is 0. The Labute approximate surface area is 106 Å². The lowest BCUT2D eigenvalue weighted by atomic mass is 9.96. The summed E-state index contributed by atoms with van der Waals surface area (Å²) in [6.07, 6.45) is 4.37. The molecule has 3 nitrogen and oxygen atoms in total. The van der Waals surface area contributed by atoms with Crippen molar-refractivity contribution in [1.29, 1.82) is 5.26 Å². The van der Waals surface area contributed by atoms with Crippen molar-refractivity contribution in [3.63, 3.8) is 0 Å². The Balaban J connectivity index is 2.54. The molecule has 1 fully saturated rings. The highest BCUT2D eigenvalue weighted by molar-refractivity contribution is 4.85. The fraction of sp³-hybridized carbons (Fsp3) is 0.929. The zero-order chi connectivity index (χ0) is 12.7. The molecule has 0 radical (unpaired) electrons. The quantitative estimate of drug-likeness (QED) is 0.771. The van der Waals surface area contributed by atoms with Gasteiger partial charge < -0.3 is 5.32 Å². The molecule has 2 unspecified atom stereocenters. The third-order valence-electron chi connectivity index (χ3n) is 3.80. The third kappa shape index (κ3) is 4.65. The first-order valence-corrected chi connectivity index (χ1v) is 7.02. The molecular weight excluding hydrogens is 210 g/mol. The van der Waals surface area contributed by atoms with Crippen LogP contribution in [-0.4, -0.2) is 36.6 Å². The molecule has 2 atom stereocenters. The number of nitrogens with zero attached hydrogens (tertiary/aromatic N) is 2. The van der Waals surface area contributed by atoms with E-state index in [9.17, 15) is 0 Å². The van der Waals surface area contributed by atoms with Crippen molar-refractivity contribution in [2.45, 2.75) is 58.5 Å². The fourth-order valence-electron chi connectivity index (χ4n) is 2.76. The van der Waals surface area contributed by atoms with Crippen molar-refractivity contribution in [3.05, 3.63) is 0 Å². The van der Waals surface area contributed by atoms with Crippen LogP contribution in [-0.2, 0) is 0 Å². The molecule has 0 aromatic heterocycles. The van der Waals surface area contributed by atoms with Crippen LogP contribution in [0.3, 0.4) is 0 Å². The first-order valence-electron chi connectivity index (χ1n) is 7.02.